The van der Waals surface area contributed by atoms with Gasteiger partial charge in [-0.3, -0.25) is 9.59 Å². The van der Waals surface area contributed by atoms with Crippen LogP contribution in [0, 0.1) is 6.92 Å². The van der Waals surface area contributed by atoms with Gasteiger partial charge in [0.25, 0.3) is 5.95 Å². The van der Waals surface area contributed by atoms with Gasteiger partial charge < -0.3 is 10.6 Å². The maximum atomic E-state index is 12.9. The number of carbonyl (C=O) groups is 2. The van der Waals surface area contributed by atoms with Gasteiger partial charge in [0.1, 0.15) is 5.82 Å². The van der Waals surface area contributed by atoms with Crippen molar-refractivity contribution in [2.75, 3.05) is 5.32 Å². The quantitative estimate of drug-likeness (QED) is 0.636. The number of carbonyl (C=O) groups excluding carboxylic acids is 2. The predicted molar refractivity (Wildman–Crippen MR) is 119 cm³/mol. The van der Waals surface area contributed by atoms with Crippen molar-refractivity contribution in [1.82, 2.24) is 25.1 Å². The van der Waals surface area contributed by atoms with E-state index in [0.29, 0.717) is 11.8 Å². The molecular formula is C23H28N6O2. The van der Waals surface area contributed by atoms with Crippen LogP contribution in [0.25, 0.3) is 5.95 Å². The number of nitrogens with zero attached hydrogens (tertiary/aromatic N) is 4. The Kier molecular flexibility index (Phi) is 6.48. The maximum absolute atomic E-state index is 12.9. The molecule has 2 amide bonds. The van der Waals surface area contributed by atoms with E-state index in [9.17, 15) is 9.59 Å². The lowest BCUT2D eigenvalue weighted by Crippen LogP contribution is -2.30. The van der Waals surface area contributed by atoms with Crippen LogP contribution in [0.4, 0.5) is 5.82 Å². The molecule has 0 saturated heterocycles. The van der Waals surface area contributed by atoms with E-state index >= 15 is 0 Å². The van der Waals surface area contributed by atoms with E-state index in [1.165, 1.54) is 11.6 Å². The molecule has 1 aromatic carbocycles. The van der Waals surface area contributed by atoms with E-state index in [2.05, 4.69) is 25.7 Å². The fourth-order valence-corrected chi connectivity index (χ4v) is 3.07. The summed E-state index contributed by atoms with van der Waals surface area (Å²) >= 11 is 0. The predicted octanol–water partition coefficient (Wildman–Crippen LogP) is 3.47. The summed E-state index contributed by atoms with van der Waals surface area (Å²) in [5.74, 6) is 0.393. The smallest absolute Gasteiger partial charge is 0.252 e. The highest BCUT2D eigenvalue weighted by Crippen LogP contribution is 2.26. The lowest BCUT2D eigenvalue weighted by molar-refractivity contribution is -0.120. The molecular weight excluding hydrogens is 392 g/mol. The monoisotopic (exact) mass is 420 g/mol. The van der Waals surface area contributed by atoms with Crippen molar-refractivity contribution in [2.24, 2.45) is 0 Å². The fraction of sp³-hybridized carbons (Fsp3) is 0.348. The summed E-state index contributed by atoms with van der Waals surface area (Å²) in [4.78, 5) is 33.2. The van der Waals surface area contributed by atoms with Gasteiger partial charge in [0.2, 0.25) is 11.8 Å². The molecule has 0 aliphatic carbocycles. The van der Waals surface area contributed by atoms with E-state index in [1.54, 1.807) is 18.5 Å². The van der Waals surface area contributed by atoms with Crippen molar-refractivity contribution in [3.63, 3.8) is 0 Å². The van der Waals surface area contributed by atoms with Gasteiger partial charge in [0, 0.05) is 30.8 Å². The van der Waals surface area contributed by atoms with Gasteiger partial charge in [0.15, 0.2) is 0 Å². The number of amides is 2. The minimum Gasteiger partial charge on any atom is -0.349 e. The van der Waals surface area contributed by atoms with Crippen LogP contribution in [0.15, 0.2) is 48.8 Å². The minimum atomic E-state index is -0.440. The van der Waals surface area contributed by atoms with Gasteiger partial charge in [-0.1, -0.05) is 50.6 Å². The lowest BCUT2D eigenvalue weighted by Gasteiger charge is -2.18. The second-order valence-electron chi connectivity index (χ2n) is 8.54. The minimum absolute atomic E-state index is 0.0777. The molecule has 2 aromatic heterocycles. The average molecular weight is 421 g/mol. The van der Waals surface area contributed by atoms with E-state index in [0.717, 1.165) is 16.8 Å². The summed E-state index contributed by atoms with van der Waals surface area (Å²) in [6, 6.07) is 10.9. The molecule has 0 aliphatic heterocycles. The SMILES string of the molecule is CC(=O)NC(CC(=O)Nc1cc(C(C)(C)C)nn1-c1ncccn1)c1ccc(C)cc1. The molecule has 2 N–H and O–H groups in total. The first-order chi connectivity index (χ1) is 14.6. The third-order valence-electron chi connectivity index (χ3n) is 4.73. The van der Waals surface area contributed by atoms with Crippen molar-refractivity contribution >= 4 is 17.6 Å². The van der Waals surface area contributed by atoms with E-state index < -0.39 is 6.04 Å². The molecule has 0 fully saturated rings. The Labute approximate surface area is 182 Å². The van der Waals surface area contributed by atoms with Crippen LogP contribution >= 0.6 is 0 Å². The number of nitrogens with one attached hydrogen (secondary N) is 2. The second kappa shape index (κ2) is 9.07. The number of aromatic nitrogens is 4. The lowest BCUT2D eigenvalue weighted by atomic mass is 9.92. The molecule has 1 unspecified atom stereocenters. The number of hydrogen-bond donors (Lipinski definition) is 2. The van der Waals surface area contributed by atoms with Crippen LogP contribution in [0.1, 0.15) is 57.0 Å². The molecule has 162 valence electrons. The summed E-state index contributed by atoms with van der Waals surface area (Å²) in [5, 5.41) is 10.4. The summed E-state index contributed by atoms with van der Waals surface area (Å²) in [6.45, 7) is 9.56. The van der Waals surface area contributed by atoms with Crippen LogP contribution in [-0.4, -0.2) is 31.6 Å². The van der Waals surface area contributed by atoms with E-state index in [1.807, 2.05) is 58.0 Å². The van der Waals surface area contributed by atoms with Gasteiger partial charge >= 0.3 is 0 Å². The van der Waals surface area contributed by atoms with Gasteiger partial charge in [0.05, 0.1) is 18.2 Å². The molecule has 8 heteroatoms. The number of rotatable bonds is 6. The Balaban J connectivity index is 1.86. The number of benzene rings is 1. The molecule has 3 aromatic rings. The van der Waals surface area contributed by atoms with Crippen molar-refractivity contribution in [2.45, 2.75) is 52.5 Å². The van der Waals surface area contributed by atoms with Crippen molar-refractivity contribution in [3.05, 3.63) is 65.6 Å². The molecule has 0 aliphatic rings. The van der Waals surface area contributed by atoms with Crippen LogP contribution in [0.2, 0.25) is 0 Å². The number of aryl methyl sites for hydroxylation is 1. The zero-order chi connectivity index (χ0) is 22.6. The molecule has 3 rings (SSSR count). The van der Waals surface area contributed by atoms with Crippen molar-refractivity contribution in [3.8, 4) is 5.95 Å². The van der Waals surface area contributed by atoms with Gasteiger partial charge in [-0.2, -0.15) is 9.78 Å². The molecule has 0 bridgehead atoms. The number of anilines is 1. The zero-order valence-corrected chi connectivity index (χ0v) is 18.5. The Bertz CT molecular complexity index is 1050. The molecule has 0 radical (unpaired) electrons. The largest absolute Gasteiger partial charge is 0.349 e. The molecule has 31 heavy (non-hydrogen) atoms. The highest BCUT2D eigenvalue weighted by Gasteiger charge is 2.23. The van der Waals surface area contributed by atoms with Crippen LogP contribution < -0.4 is 10.6 Å². The van der Waals surface area contributed by atoms with Crippen LogP contribution in [0.3, 0.4) is 0 Å². The van der Waals surface area contributed by atoms with Gasteiger partial charge in [-0.25, -0.2) is 9.97 Å². The maximum Gasteiger partial charge on any atom is 0.252 e. The standard InChI is InChI=1S/C23H28N6O2/c1-15-7-9-17(10-8-15)18(26-16(2)30)13-21(31)27-20-14-19(23(3,4)5)28-29(20)22-24-11-6-12-25-22/h6-12,14,18H,13H2,1-5H3,(H,26,30)(H,27,31). The Morgan fingerprint density at radius 2 is 1.74 bits per heavy atom. The highest BCUT2D eigenvalue weighted by molar-refractivity contribution is 5.91. The summed E-state index contributed by atoms with van der Waals surface area (Å²) in [5.41, 5.74) is 2.55. The average Bonchev–Trinajstić information content (AvgIpc) is 3.12. The zero-order valence-electron chi connectivity index (χ0n) is 18.5. The van der Waals surface area contributed by atoms with Crippen LogP contribution in [-0.2, 0) is 15.0 Å². The van der Waals surface area contributed by atoms with E-state index in [4.69, 9.17) is 0 Å². The summed E-state index contributed by atoms with van der Waals surface area (Å²) in [7, 11) is 0. The first-order valence-electron chi connectivity index (χ1n) is 10.1. The first kappa shape index (κ1) is 22.1. The van der Waals surface area contributed by atoms with Gasteiger partial charge in [-0.15, -0.1) is 0 Å². The molecule has 2 heterocycles. The van der Waals surface area contributed by atoms with Crippen molar-refractivity contribution < 1.29 is 9.59 Å². The highest BCUT2D eigenvalue weighted by atomic mass is 16.2. The fourth-order valence-electron chi connectivity index (χ4n) is 3.07. The van der Waals surface area contributed by atoms with E-state index in [-0.39, 0.29) is 23.7 Å². The second-order valence-corrected chi connectivity index (χ2v) is 8.54. The topological polar surface area (TPSA) is 102 Å². The Morgan fingerprint density at radius 3 is 2.32 bits per heavy atom. The molecule has 0 saturated carbocycles. The van der Waals surface area contributed by atoms with Crippen LogP contribution in [0.5, 0.6) is 0 Å². The summed E-state index contributed by atoms with van der Waals surface area (Å²) in [6.07, 6.45) is 3.32. The third-order valence-corrected chi connectivity index (χ3v) is 4.73. The number of hydrogen-bond acceptors (Lipinski definition) is 5. The Morgan fingerprint density at radius 1 is 1.10 bits per heavy atom. The van der Waals surface area contributed by atoms with Gasteiger partial charge in [-0.05, 0) is 18.6 Å². The normalized spacial score (nSPS) is 12.3. The Hall–Kier alpha value is -3.55. The summed E-state index contributed by atoms with van der Waals surface area (Å²) < 4.78 is 1.53. The first-order valence-corrected chi connectivity index (χ1v) is 10.1. The van der Waals surface area contributed by atoms with Crippen molar-refractivity contribution in [1.29, 1.82) is 0 Å². The third kappa shape index (κ3) is 5.75. The molecule has 8 nitrogen and oxygen atoms in total. The molecule has 0 spiro atoms. The molecule has 1 atom stereocenters.